The van der Waals surface area contributed by atoms with Gasteiger partial charge in [0, 0.05) is 36.3 Å². The molecule has 2 aromatic heterocycles. The molecule has 1 saturated heterocycles. The Morgan fingerprint density at radius 1 is 1.21 bits per heavy atom. The first-order chi connectivity index (χ1) is 13.5. The zero-order chi connectivity index (χ0) is 19.7. The van der Waals surface area contributed by atoms with Gasteiger partial charge in [0.15, 0.2) is 4.90 Å². The zero-order valence-electron chi connectivity index (χ0n) is 15.5. The Bertz CT molecular complexity index is 1020. The second-order valence-corrected chi connectivity index (χ2v) is 8.37. The summed E-state index contributed by atoms with van der Waals surface area (Å²) in [6, 6.07) is 13.5. The largest absolute Gasteiger partial charge is 0.612 e. The Labute approximate surface area is 166 Å². The lowest BCUT2D eigenvalue weighted by molar-refractivity contribution is -0.142. The molecule has 1 fully saturated rings. The predicted molar refractivity (Wildman–Crippen MR) is 110 cm³/mol. The molecular weight excluding hydrogens is 374 g/mol. The van der Waals surface area contributed by atoms with Gasteiger partial charge in [-0.1, -0.05) is 18.2 Å². The minimum absolute atomic E-state index is 0.283. The van der Waals surface area contributed by atoms with Crippen molar-refractivity contribution in [2.45, 2.75) is 17.7 Å². The summed E-state index contributed by atoms with van der Waals surface area (Å²) in [5.74, 6) is -0.184. The van der Waals surface area contributed by atoms with Crippen molar-refractivity contribution in [3.05, 3.63) is 48.7 Å². The second-order valence-electron chi connectivity index (χ2n) is 6.99. The van der Waals surface area contributed by atoms with E-state index in [0.29, 0.717) is 25.9 Å². The van der Waals surface area contributed by atoms with Crippen molar-refractivity contribution < 1.29 is 14.5 Å². The average Bonchev–Trinajstić information content (AvgIpc) is 2.73. The normalized spacial score (nSPS) is 16.3. The number of piperidine rings is 1. The van der Waals surface area contributed by atoms with E-state index in [2.05, 4.69) is 9.88 Å². The number of nitrogens with zero attached hydrogens (tertiary/aromatic N) is 3. The molecule has 1 aromatic carbocycles. The maximum absolute atomic E-state index is 11.9. The number of hydrogen-bond acceptors (Lipinski definition) is 5. The lowest BCUT2D eigenvalue weighted by atomic mass is 9.97. The third kappa shape index (κ3) is 3.68. The molecule has 3 heterocycles. The van der Waals surface area contributed by atoms with E-state index >= 15 is 0 Å². The number of hydrogen-bond donors (Lipinski definition) is 1. The number of carboxylic acids is 1. The van der Waals surface area contributed by atoms with E-state index in [0.717, 1.165) is 32.9 Å². The Kier molecular flexibility index (Phi) is 5.19. The summed E-state index contributed by atoms with van der Waals surface area (Å²) in [4.78, 5) is 23.5. The number of pyridine rings is 2. The van der Waals surface area contributed by atoms with E-state index in [1.165, 1.54) is 0 Å². The molecule has 0 radical (unpaired) electrons. The van der Waals surface area contributed by atoms with Crippen LogP contribution in [0.3, 0.4) is 0 Å². The molecule has 0 saturated carbocycles. The monoisotopic (exact) mass is 395 g/mol. The van der Waals surface area contributed by atoms with Gasteiger partial charge in [-0.2, -0.15) is 0 Å². The predicted octanol–water partition coefficient (Wildman–Crippen LogP) is 3.34. The Balaban J connectivity index is 1.76. The number of carboxylic acid groups (broad SMARTS) is 1. The molecule has 3 aromatic rings. The lowest BCUT2D eigenvalue weighted by Gasteiger charge is -2.31. The van der Waals surface area contributed by atoms with Crippen molar-refractivity contribution in [2.24, 2.45) is 5.92 Å². The molecule has 144 valence electrons. The topological polar surface area (TPSA) is 89.4 Å². The van der Waals surface area contributed by atoms with Crippen LogP contribution >= 0.6 is 0 Å². The third-order valence-electron chi connectivity index (χ3n) is 5.18. The summed E-state index contributed by atoms with van der Waals surface area (Å²) in [6.07, 6.45) is 4.63. The minimum atomic E-state index is -1.08. The van der Waals surface area contributed by atoms with Crippen molar-refractivity contribution in [3.8, 4) is 11.3 Å². The Morgan fingerprint density at radius 3 is 2.71 bits per heavy atom. The van der Waals surface area contributed by atoms with Gasteiger partial charge < -0.3 is 14.6 Å². The molecule has 0 spiro atoms. The first-order valence-electron chi connectivity index (χ1n) is 9.20. The fraction of sp³-hybridized carbons (Fsp3) is 0.286. The van der Waals surface area contributed by atoms with Gasteiger partial charge >= 0.3 is 5.97 Å². The summed E-state index contributed by atoms with van der Waals surface area (Å²) in [6.45, 7) is 1.32. The van der Waals surface area contributed by atoms with Crippen LogP contribution in [0.4, 0.5) is 5.82 Å². The molecule has 7 heteroatoms. The van der Waals surface area contributed by atoms with Crippen LogP contribution in [0.25, 0.3) is 22.2 Å². The van der Waals surface area contributed by atoms with E-state index in [1.54, 1.807) is 12.5 Å². The molecule has 1 aliphatic rings. The van der Waals surface area contributed by atoms with Gasteiger partial charge in [0.25, 0.3) is 0 Å². The highest BCUT2D eigenvalue weighted by Crippen LogP contribution is 2.31. The van der Waals surface area contributed by atoms with Crippen LogP contribution in [0.5, 0.6) is 0 Å². The second kappa shape index (κ2) is 7.77. The van der Waals surface area contributed by atoms with Crippen molar-refractivity contribution in [3.63, 3.8) is 0 Å². The number of aliphatic carboxylic acids is 1. The molecule has 28 heavy (non-hydrogen) atoms. The van der Waals surface area contributed by atoms with Gasteiger partial charge in [-0.15, -0.1) is 0 Å². The molecule has 1 N–H and O–H groups in total. The SMILES string of the molecule is C[S+]([O-])c1cccc(-c2nc(N3CCC(C(=O)O)CC3)cc3cccnc23)c1. The van der Waals surface area contributed by atoms with Gasteiger partial charge in [0.2, 0.25) is 0 Å². The summed E-state index contributed by atoms with van der Waals surface area (Å²) < 4.78 is 11.9. The van der Waals surface area contributed by atoms with Crippen LogP contribution in [0.2, 0.25) is 0 Å². The lowest BCUT2D eigenvalue weighted by Crippen LogP contribution is -2.36. The van der Waals surface area contributed by atoms with E-state index in [4.69, 9.17) is 4.98 Å². The fourth-order valence-electron chi connectivity index (χ4n) is 3.61. The van der Waals surface area contributed by atoms with E-state index < -0.39 is 17.1 Å². The molecule has 6 nitrogen and oxygen atoms in total. The first-order valence-corrected chi connectivity index (χ1v) is 10.8. The van der Waals surface area contributed by atoms with Crippen LogP contribution in [-0.4, -0.2) is 44.9 Å². The van der Waals surface area contributed by atoms with Gasteiger partial charge in [0.1, 0.15) is 12.1 Å². The summed E-state index contributed by atoms with van der Waals surface area (Å²) in [5.41, 5.74) is 2.42. The van der Waals surface area contributed by atoms with Crippen LogP contribution < -0.4 is 4.90 Å². The molecule has 0 amide bonds. The summed E-state index contributed by atoms with van der Waals surface area (Å²) in [5, 5.41) is 10.2. The van der Waals surface area contributed by atoms with E-state index in [9.17, 15) is 14.5 Å². The molecule has 0 bridgehead atoms. The molecular formula is C21H21N3O3S. The van der Waals surface area contributed by atoms with Crippen molar-refractivity contribution in [1.82, 2.24) is 9.97 Å². The molecule has 4 rings (SSSR count). The molecule has 0 aliphatic carbocycles. The van der Waals surface area contributed by atoms with Crippen molar-refractivity contribution in [2.75, 3.05) is 24.2 Å². The fourth-order valence-corrected chi connectivity index (χ4v) is 4.18. The van der Waals surface area contributed by atoms with E-state index in [-0.39, 0.29) is 5.92 Å². The maximum Gasteiger partial charge on any atom is 0.306 e. The van der Waals surface area contributed by atoms with Crippen LogP contribution in [0.15, 0.2) is 53.6 Å². The van der Waals surface area contributed by atoms with Gasteiger partial charge in [0.05, 0.1) is 17.1 Å². The number of rotatable bonds is 4. The summed E-state index contributed by atoms with van der Waals surface area (Å²) in [7, 11) is 0. The minimum Gasteiger partial charge on any atom is -0.612 e. The molecule has 1 atom stereocenters. The number of carbonyl (C=O) groups is 1. The van der Waals surface area contributed by atoms with E-state index in [1.807, 2.05) is 42.5 Å². The van der Waals surface area contributed by atoms with Crippen molar-refractivity contribution >= 4 is 33.9 Å². The average molecular weight is 395 g/mol. The van der Waals surface area contributed by atoms with Gasteiger partial charge in [-0.3, -0.25) is 9.78 Å². The number of aromatic nitrogens is 2. The van der Waals surface area contributed by atoms with Gasteiger partial charge in [-0.25, -0.2) is 4.98 Å². The standard InChI is InChI=1S/C21H21N3O3S/c1-28(27)17-6-2-4-15(12-17)20-19-16(5-3-9-22-19)13-18(23-20)24-10-7-14(8-11-24)21(25)26/h2-6,9,12-14H,7-8,10-11H2,1H3,(H,25,26). The molecule has 1 unspecified atom stereocenters. The first kappa shape index (κ1) is 18.7. The maximum atomic E-state index is 11.9. The van der Waals surface area contributed by atoms with Crippen molar-refractivity contribution in [1.29, 1.82) is 0 Å². The third-order valence-corrected chi connectivity index (χ3v) is 6.10. The number of benzene rings is 1. The number of fused-ring (bicyclic) bond motifs is 1. The van der Waals surface area contributed by atoms with Crippen LogP contribution in [0, 0.1) is 5.92 Å². The quantitative estimate of drug-likeness (QED) is 0.682. The smallest absolute Gasteiger partial charge is 0.306 e. The van der Waals surface area contributed by atoms with Gasteiger partial charge in [-0.05, 0) is 42.2 Å². The highest BCUT2D eigenvalue weighted by atomic mass is 32.2. The van der Waals surface area contributed by atoms with Crippen LogP contribution in [0.1, 0.15) is 12.8 Å². The highest BCUT2D eigenvalue weighted by molar-refractivity contribution is 7.90. The Morgan fingerprint density at radius 2 is 2.00 bits per heavy atom. The molecule has 1 aliphatic heterocycles. The zero-order valence-corrected chi connectivity index (χ0v) is 16.4. The summed E-state index contributed by atoms with van der Waals surface area (Å²) >= 11 is -1.08. The number of anilines is 1. The van der Waals surface area contributed by atoms with Crippen LogP contribution in [-0.2, 0) is 16.0 Å². The highest BCUT2D eigenvalue weighted by Gasteiger charge is 2.26. The Hall–Kier alpha value is -2.64.